The molecule has 2 rings (SSSR count). The monoisotopic (exact) mass is 265 g/mol. The van der Waals surface area contributed by atoms with E-state index in [1.54, 1.807) is 0 Å². The number of nitrogens with zero attached hydrogens (tertiary/aromatic N) is 2. The Balaban J connectivity index is 1.84. The van der Waals surface area contributed by atoms with Crippen LogP contribution in [0.3, 0.4) is 0 Å². The van der Waals surface area contributed by atoms with Gasteiger partial charge in [-0.2, -0.15) is 5.10 Å². The molecule has 1 fully saturated rings. The molecule has 0 saturated carbocycles. The van der Waals surface area contributed by atoms with Crippen LogP contribution in [0.2, 0.25) is 0 Å². The van der Waals surface area contributed by atoms with Gasteiger partial charge in [0.25, 0.3) is 0 Å². The van der Waals surface area contributed by atoms with E-state index in [2.05, 4.69) is 30.5 Å². The van der Waals surface area contributed by atoms with Crippen molar-refractivity contribution >= 4 is 5.69 Å². The van der Waals surface area contributed by atoms with Crippen molar-refractivity contribution in [2.24, 2.45) is 0 Å². The number of hydrogen-bond donors (Lipinski definition) is 1. The van der Waals surface area contributed by atoms with E-state index in [4.69, 9.17) is 4.74 Å². The van der Waals surface area contributed by atoms with Crippen molar-refractivity contribution in [2.75, 3.05) is 11.9 Å². The third kappa shape index (κ3) is 4.53. The average molecular weight is 265 g/mol. The first-order valence-electron chi connectivity index (χ1n) is 7.72. The van der Waals surface area contributed by atoms with Gasteiger partial charge in [-0.15, -0.1) is 0 Å². The van der Waals surface area contributed by atoms with Crippen LogP contribution in [0.4, 0.5) is 5.69 Å². The van der Waals surface area contributed by atoms with Gasteiger partial charge in [0.15, 0.2) is 0 Å². The summed E-state index contributed by atoms with van der Waals surface area (Å²) >= 11 is 0. The van der Waals surface area contributed by atoms with Crippen molar-refractivity contribution in [1.29, 1.82) is 0 Å². The van der Waals surface area contributed by atoms with Crippen LogP contribution < -0.4 is 5.32 Å². The van der Waals surface area contributed by atoms with Crippen LogP contribution in [0.25, 0.3) is 0 Å². The molecule has 0 amide bonds. The molecule has 1 saturated heterocycles. The summed E-state index contributed by atoms with van der Waals surface area (Å²) in [7, 11) is 0. The van der Waals surface area contributed by atoms with Gasteiger partial charge in [0.2, 0.25) is 0 Å². The lowest BCUT2D eigenvalue weighted by Crippen LogP contribution is -2.18. The summed E-state index contributed by atoms with van der Waals surface area (Å²) in [5, 5.41) is 8.03. The lowest BCUT2D eigenvalue weighted by Gasteiger charge is -2.17. The number of nitrogens with one attached hydrogen (secondary N) is 1. The summed E-state index contributed by atoms with van der Waals surface area (Å²) in [6, 6.07) is 0.579. The Bertz CT molecular complexity index is 352. The summed E-state index contributed by atoms with van der Waals surface area (Å²) < 4.78 is 7.65. The highest BCUT2D eigenvalue weighted by molar-refractivity contribution is 5.39. The smallest absolute Gasteiger partial charge is 0.0771 e. The topological polar surface area (TPSA) is 39.1 Å². The molecule has 2 heterocycles. The Morgan fingerprint density at radius 2 is 2.21 bits per heavy atom. The Kier molecular flexibility index (Phi) is 5.70. The maximum atomic E-state index is 5.64. The quantitative estimate of drug-likeness (QED) is 0.782. The van der Waals surface area contributed by atoms with Gasteiger partial charge in [-0.05, 0) is 25.7 Å². The van der Waals surface area contributed by atoms with E-state index >= 15 is 0 Å². The van der Waals surface area contributed by atoms with Crippen molar-refractivity contribution in [1.82, 2.24) is 9.78 Å². The number of hydrogen-bond acceptors (Lipinski definition) is 3. The SMILES string of the molecule is CCCC(CCC)Nc1cnn(CC2CCCO2)c1. The van der Waals surface area contributed by atoms with E-state index in [9.17, 15) is 0 Å². The van der Waals surface area contributed by atoms with Crippen LogP contribution in [0.1, 0.15) is 52.4 Å². The summed E-state index contributed by atoms with van der Waals surface area (Å²) in [5.74, 6) is 0. The summed E-state index contributed by atoms with van der Waals surface area (Å²) in [4.78, 5) is 0. The van der Waals surface area contributed by atoms with Crippen molar-refractivity contribution in [3.63, 3.8) is 0 Å². The number of ether oxygens (including phenoxy) is 1. The second-order valence-corrected chi connectivity index (χ2v) is 5.50. The lowest BCUT2D eigenvalue weighted by atomic mass is 10.1. The fraction of sp³-hybridized carbons (Fsp3) is 0.800. The fourth-order valence-electron chi connectivity index (χ4n) is 2.76. The molecule has 108 valence electrons. The molecule has 1 N–H and O–H groups in total. The molecule has 1 atom stereocenters. The summed E-state index contributed by atoms with van der Waals surface area (Å²) in [5.41, 5.74) is 1.14. The molecule has 1 unspecified atom stereocenters. The molecule has 0 bridgehead atoms. The number of rotatable bonds is 8. The third-order valence-corrected chi connectivity index (χ3v) is 3.69. The molecule has 4 heteroatoms. The van der Waals surface area contributed by atoms with Gasteiger partial charge >= 0.3 is 0 Å². The van der Waals surface area contributed by atoms with Gasteiger partial charge < -0.3 is 10.1 Å². The number of aromatic nitrogens is 2. The highest BCUT2D eigenvalue weighted by atomic mass is 16.5. The van der Waals surface area contributed by atoms with Crippen LogP contribution in [0.5, 0.6) is 0 Å². The summed E-state index contributed by atoms with van der Waals surface area (Å²) in [6.07, 6.45) is 11.7. The fourth-order valence-corrected chi connectivity index (χ4v) is 2.76. The molecule has 1 aliphatic rings. The van der Waals surface area contributed by atoms with Crippen LogP contribution in [-0.2, 0) is 11.3 Å². The largest absolute Gasteiger partial charge is 0.380 e. The molecule has 0 radical (unpaired) electrons. The van der Waals surface area contributed by atoms with Crippen molar-refractivity contribution < 1.29 is 4.74 Å². The molecular formula is C15H27N3O. The minimum atomic E-state index is 0.356. The Hall–Kier alpha value is -1.03. The van der Waals surface area contributed by atoms with E-state index in [0.717, 1.165) is 25.3 Å². The normalized spacial score (nSPS) is 19.2. The van der Waals surface area contributed by atoms with Crippen LogP contribution in [-0.4, -0.2) is 28.5 Å². The summed E-state index contributed by atoms with van der Waals surface area (Å²) in [6.45, 7) is 6.27. The minimum Gasteiger partial charge on any atom is -0.380 e. The molecule has 0 spiro atoms. The molecule has 1 aliphatic heterocycles. The maximum absolute atomic E-state index is 5.64. The Labute approximate surface area is 116 Å². The zero-order valence-corrected chi connectivity index (χ0v) is 12.3. The van der Waals surface area contributed by atoms with E-state index in [-0.39, 0.29) is 0 Å². The van der Waals surface area contributed by atoms with Crippen molar-refractivity contribution in [2.45, 2.75) is 71.1 Å². The standard InChI is InChI=1S/C15H27N3O/c1-3-6-13(7-4-2)17-14-10-16-18(11-14)12-15-8-5-9-19-15/h10-11,13,15,17H,3-9,12H2,1-2H3. The first-order chi connectivity index (χ1) is 9.31. The molecule has 4 nitrogen and oxygen atoms in total. The third-order valence-electron chi connectivity index (χ3n) is 3.69. The molecule has 0 aliphatic carbocycles. The van der Waals surface area contributed by atoms with Crippen LogP contribution in [0.15, 0.2) is 12.4 Å². The van der Waals surface area contributed by atoms with Gasteiger partial charge in [0.1, 0.15) is 0 Å². The lowest BCUT2D eigenvalue weighted by molar-refractivity contribution is 0.0940. The Morgan fingerprint density at radius 3 is 2.84 bits per heavy atom. The van der Waals surface area contributed by atoms with Crippen molar-refractivity contribution in [3.05, 3.63) is 12.4 Å². The van der Waals surface area contributed by atoms with Gasteiger partial charge in [-0.1, -0.05) is 26.7 Å². The molecule has 19 heavy (non-hydrogen) atoms. The molecule has 1 aromatic heterocycles. The van der Waals surface area contributed by atoms with E-state index in [1.807, 2.05) is 10.9 Å². The zero-order valence-electron chi connectivity index (χ0n) is 12.3. The van der Waals surface area contributed by atoms with E-state index < -0.39 is 0 Å². The molecule has 1 aromatic rings. The highest BCUT2D eigenvalue weighted by Gasteiger charge is 2.16. The molecular weight excluding hydrogens is 238 g/mol. The van der Waals surface area contributed by atoms with Crippen molar-refractivity contribution in [3.8, 4) is 0 Å². The van der Waals surface area contributed by atoms with Crippen LogP contribution >= 0.6 is 0 Å². The number of anilines is 1. The first-order valence-corrected chi connectivity index (χ1v) is 7.72. The zero-order chi connectivity index (χ0) is 13.5. The first kappa shape index (κ1) is 14.4. The minimum absolute atomic E-state index is 0.356. The second kappa shape index (κ2) is 7.53. The van der Waals surface area contributed by atoms with E-state index in [0.29, 0.717) is 12.1 Å². The second-order valence-electron chi connectivity index (χ2n) is 5.50. The van der Waals surface area contributed by atoms with Crippen LogP contribution in [0, 0.1) is 0 Å². The predicted octanol–water partition coefficient (Wildman–Crippen LogP) is 3.44. The average Bonchev–Trinajstić information content (AvgIpc) is 3.03. The van der Waals surface area contributed by atoms with Gasteiger partial charge in [0.05, 0.1) is 24.5 Å². The highest BCUT2D eigenvalue weighted by Crippen LogP contribution is 2.17. The Morgan fingerprint density at radius 1 is 1.42 bits per heavy atom. The van der Waals surface area contributed by atoms with E-state index in [1.165, 1.54) is 32.1 Å². The van der Waals surface area contributed by atoms with Gasteiger partial charge in [-0.3, -0.25) is 4.68 Å². The molecule has 0 aromatic carbocycles. The van der Waals surface area contributed by atoms with Gasteiger partial charge in [-0.25, -0.2) is 0 Å². The predicted molar refractivity (Wildman–Crippen MR) is 78.4 cm³/mol. The van der Waals surface area contributed by atoms with Gasteiger partial charge in [0, 0.05) is 18.8 Å². The maximum Gasteiger partial charge on any atom is 0.0771 e.